The molecule has 1 aliphatic heterocycles. The van der Waals surface area contributed by atoms with Crippen LogP contribution in [0.1, 0.15) is 17.5 Å². The Balaban J connectivity index is 1.23. The molecule has 5 aliphatic rings. The third-order valence-corrected chi connectivity index (χ3v) is 7.68. The van der Waals surface area contributed by atoms with Crippen LogP contribution in [0.4, 0.5) is 0 Å². The van der Waals surface area contributed by atoms with Crippen LogP contribution in [-0.4, -0.2) is 23.0 Å². The fourth-order valence-corrected chi connectivity index (χ4v) is 6.11. The number of ether oxygens (including phenoxy) is 1. The molecule has 0 radical (unpaired) electrons. The Morgan fingerprint density at radius 3 is 2.34 bits per heavy atom. The van der Waals surface area contributed by atoms with Crippen molar-refractivity contribution in [2.45, 2.75) is 13.0 Å². The van der Waals surface area contributed by atoms with Crippen LogP contribution in [0.25, 0.3) is 0 Å². The molecule has 6 atom stereocenters. The Morgan fingerprint density at radius 2 is 1.66 bits per heavy atom. The molecule has 0 N–H and O–H groups in total. The number of hydrogen-bond donors (Lipinski definition) is 0. The van der Waals surface area contributed by atoms with Crippen molar-refractivity contribution < 1.29 is 14.3 Å². The predicted octanol–water partition coefficient (Wildman–Crippen LogP) is 4.96. The zero-order chi connectivity index (χ0) is 22.0. The number of imide groups is 1. The van der Waals surface area contributed by atoms with Gasteiger partial charge in [-0.25, -0.2) is 0 Å². The van der Waals surface area contributed by atoms with Gasteiger partial charge < -0.3 is 4.74 Å². The third kappa shape index (κ3) is 3.18. The minimum atomic E-state index is -0.267. The molecule has 0 spiro atoms. The highest BCUT2D eigenvalue weighted by atomic mass is 35.5. The fraction of sp³-hybridized carbons (Fsp3) is 0.320. The molecule has 7 heteroatoms. The van der Waals surface area contributed by atoms with Crippen molar-refractivity contribution in [2.75, 3.05) is 0 Å². The highest BCUT2D eigenvalue weighted by Gasteiger charge is 2.67. The number of carbonyl (C=O) groups excluding carboxylic acids is 2. The minimum absolute atomic E-state index is 0.175. The summed E-state index contributed by atoms with van der Waals surface area (Å²) in [5, 5.41) is 6.52. The summed E-state index contributed by atoms with van der Waals surface area (Å²) in [7, 11) is 0. The second kappa shape index (κ2) is 7.46. The van der Waals surface area contributed by atoms with Crippen LogP contribution in [0.15, 0.2) is 59.7 Å². The van der Waals surface area contributed by atoms with Crippen molar-refractivity contribution in [3.05, 3.63) is 75.8 Å². The first-order valence-electron chi connectivity index (χ1n) is 10.8. The van der Waals surface area contributed by atoms with E-state index in [0.29, 0.717) is 39.8 Å². The molecule has 2 bridgehead atoms. The topological polar surface area (TPSA) is 59.0 Å². The van der Waals surface area contributed by atoms with Crippen LogP contribution in [0.3, 0.4) is 0 Å². The first-order valence-corrected chi connectivity index (χ1v) is 11.5. The maximum atomic E-state index is 13.1. The Labute approximate surface area is 195 Å². The number of halogens is 2. The molecule has 0 unspecified atom stereocenters. The average Bonchev–Trinajstić information content (AvgIpc) is 3.56. The Kier molecular flexibility index (Phi) is 4.67. The number of carbonyl (C=O) groups is 2. The maximum absolute atomic E-state index is 13.1. The van der Waals surface area contributed by atoms with Crippen molar-refractivity contribution in [1.82, 2.24) is 5.01 Å². The summed E-state index contributed by atoms with van der Waals surface area (Å²) in [4.78, 5) is 26.2. The molecule has 2 amide bonds. The lowest BCUT2D eigenvalue weighted by molar-refractivity contribution is -0.140. The molecule has 3 fully saturated rings. The van der Waals surface area contributed by atoms with E-state index < -0.39 is 0 Å². The van der Waals surface area contributed by atoms with Gasteiger partial charge >= 0.3 is 0 Å². The predicted molar refractivity (Wildman–Crippen MR) is 121 cm³/mol. The molecule has 2 aromatic carbocycles. The van der Waals surface area contributed by atoms with Crippen LogP contribution in [0.5, 0.6) is 5.75 Å². The maximum Gasteiger partial charge on any atom is 0.254 e. The van der Waals surface area contributed by atoms with Gasteiger partial charge in [-0.05, 0) is 66.0 Å². The second-order valence-electron chi connectivity index (χ2n) is 8.99. The van der Waals surface area contributed by atoms with Gasteiger partial charge in [-0.3, -0.25) is 9.59 Å². The standard InChI is InChI=1S/C25H20Cl2N2O3/c26-15-3-1-2-13(8-15)12-32-21-7-4-16(27)9-14(21)11-28-29-24(30)22-17-5-6-18(20-10-19(17)20)23(22)25(29)31/h1-9,11,17-20,22-23H,10,12H2/b28-11-/t17-,18-,19-,20-,22+,23+/m0/s1. The highest BCUT2D eigenvalue weighted by Crippen LogP contribution is 2.65. The van der Waals surface area contributed by atoms with Gasteiger partial charge in [0.1, 0.15) is 12.4 Å². The molecule has 4 aliphatic carbocycles. The summed E-state index contributed by atoms with van der Waals surface area (Å²) in [5.41, 5.74) is 1.52. The van der Waals surface area contributed by atoms with Gasteiger partial charge in [0, 0.05) is 15.6 Å². The van der Waals surface area contributed by atoms with Gasteiger partial charge in [-0.15, -0.1) is 0 Å². The SMILES string of the molecule is O=C1[C@@H]2[C@H]3C=C[C@@H]([C@@H]4C[C@@H]34)[C@H]2C(=O)N1/N=C\c1cc(Cl)ccc1OCc1cccc(Cl)c1. The molecule has 2 aromatic rings. The molecule has 1 saturated heterocycles. The number of benzene rings is 2. The Bertz CT molecular complexity index is 1160. The quantitative estimate of drug-likeness (QED) is 0.355. The van der Waals surface area contributed by atoms with Gasteiger partial charge in [0.05, 0.1) is 18.1 Å². The van der Waals surface area contributed by atoms with E-state index in [1.54, 1.807) is 24.3 Å². The van der Waals surface area contributed by atoms with Gasteiger partial charge in [-0.2, -0.15) is 10.1 Å². The van der Waals surface area contributed by atoms with E-state index in [1.807, 2.05) is 18.2 Å². The van der Waals surface area contributed by atoms with Crippen LogP contribution in [-0.2, 0) is 16.2 Å². The van der Waals surface area contributed by atoms with E-state index in [0.717, 1.165) is 17.0 Å². The van der Waals surface area contributed by atoms with Gasteiger partial charge in [-0.1, -0.05) is 47.5 Å². The smallest absolute Gasteiger partial charge is 0.254 e. The summed E-state index contributed by atoms with van der Waals surface area (Å²) < 4.78 is 5.95. The zero-order valence-electron chi connectivity index (χ0n) is 17.0. The molecule has 2 saturated carbocycles. The highest BCUT2D eigenvalue weighted by molar-refractivity contribution is 6.31. The van der Waals surface area contributed by atoms with Crippen molar-refractivity contribution in [1.29, 1.82) is 0 Å². The number of hydrazone groups is 1. The Hall–Kier alpha value is -2.63. The van der Waals surface area contributed by atoms with E-state index in [2.05, 4.69) is 17.3 Å². The van der Waals surface area contributed by atoms with Gasteiger partial charge in [0.15, 0.2) is 0 Å². The van der Waals surface area contributed by atoms with Crippen molar-refractivity contribution in [3.8, 4) is 5.75 Å². The van der Waals surface area contributed by atoms with Crippen molar-refractivity contribution in [3.63, 3.8) is 0 Å². The largest absolute Gasteiger partial charge is 0.488 e. The third-order valence-electron chi connectivity index (χ3n) is 7.21. The summed E-state index contributed by atoms with van der Waals surface area (Å²) in [6.07, 6.45) is 6.92. The van der Waals surface area contributed by atoms with E-state index in [9.17, 15) is 9.59 Å². The first kappa shape index (κ1) is 20.0. The number of amides is 2. The van der Waals surface area contributed by atoms with Crippen molar-refractivity contribution in [2.24, 2.45) is 40.6 Å². The number of nitrogens with zero attached hydrogens (tertiary/aromatic N) is 2. The lowest BCUT2D eigenvalue weighted by Gasteiger charge is -2.37. The monoisotopic (exact) mass is 466 g/mol. The average molecular weight is 467 g/mol. The van der Waals surface area contributed by atoms with E-state index >= 15 is 0 Å². The lowest BCUT2D eigenvalue weighted by Crippen LogP contribution is -2.40. The Morgan fingerprint density at radius 1 is 0.969 bits per heavy atom. The van der Waals surface area contributed by atoms with Crippen LogP contribution < -0.4 is 4.74 Å². The van der Waals surface area contributed by atoms with E-state index in [1.165, 1.54) is 6.21 Å². The molecular weight excluding hydrogens is 447 g/mol. The zero-order valence-corrected chi connectivity index (χ0v) is 18.5. The lowest BCUT2D eigenvalue weighted by atomic mass is 9.63. The van der Waals surface area contributed by atoms with Gasteiger partial charge in [0.2, 0.25) is 0 Å². The molecule has 0 aromatic heterocycles. The molecule has 5 nitrogen and oxygen atoms in total. The number of rotatable bonds is 5. The molecule has 162 valence electrons. The van der Waals surface area contributed by atoms with Gasteiger partial charge in [0.25, 0.3) is 11.8 Å². The number of hydrogen-bond acceptors (Lipinski definition) is 4. The van der Waals surface area contributed by atoms with Crippen LogP contribution in [0, 0.1) is 35.5 Å². The van der Waals surface area contributed by atoms with Crippen LogP contribution >= 0.6 is 23.2 Å². The van der Waals surface area contributed by atoms with E-state index in [4.69, 9.17) is 27.9 Å². The molecular formula is C25H20Cl2N2O3. The summed E-state index contributed by atoms with van der Waals surface area (Å²) in [6, 6.07) is 12.6. The molecule has 7 rings (SSSR count). The minimum Gasteiger partial charge on any atom is -0.488 e. The summed E-state index contributed by atoms with van der Waals surface area (Å²) in [5.74, 6) is 1.11. The first-order chi connectivity index (χ1) is 15.5. The van der Waals surface area contributed by atoms with E-state index in [-0.39, 0.29) is 35.5 Å². The van der Waals surface area contributed by atoms with Crippen LogP contribution in [0.2, 0.25) is 10.0 Å². The molecule has 1 heterocycles. The summed E-state index contributed by atoms with van der Waals surface area (Å²) in [6.45, 7) is 0.312. The normalized spacial score (nSPS) is 31.9. The van der Waals surface area contributed by atoms with Crippen molar-refractivity contribution >= 4 is 41.2 Å². The second-order valence-corrected chi connectivity index (χ2v) is 9.86. The fourth-order valence-electron chi connectivity index (χ4n) is 5.71. The molecule has 32 heavy (non-hydrogen) atoms. The summed E-state index contributed by atoms with van der Waals surface area (Å²) >= 11 is 12.2. The number of allylic oxidation sites excluding steroid dienone is 2.